The lowest BCUT2D eigenvalue weighted by Gasteiger charge is -2.05. The lowest BCUT2D eigenvalue weighted by molar-refractivity contribution is 0.415. The van der Waals surface area contributed by atoms with Gasteiger partial charge in [0, 0.05) is 10.9 Å². The van der Waals surface area contributed by atoms with E-state index in [1.54, 1.807) is 36.5 Å². The van der Waals surface area contributed by atoms with E-state index in [-0.39, 0.29) is 0 Å². The molecule has 0 amide bonds. The molecule has 0 fully saturated rings. The van der Waals surface area contributed by atoms with Gasteiger partial charge in [-0.3, -0.25) is 0 Å². The van der Waals surface area contributed by atoms with Gasteiger partial charge in [-0.2, -0.15) is 0 Å². The molecule has 0 aliphatic rings. The van der Waals surface area contributed by atoms with Gasteiger partial charge in [0.05, 0.1) is 18.2 Å². The van der Waals surface area contributed by atoms with Crippen LogP contribution in [0.3, 0.4) is 0 Å². The van der Waals surface area contributed by atoms with Gasteiger partial charge in [0.1, 0.15) is 21.9 Å². The summed E-state index contributed by atoms with van der Waals surface area (Å²) in [6.07, 6.45) is 6.94. The molecule has 21 heavy (non-hydrogen) atoms. The molecule has 0 atom stereocenters. The zero-order valence-corrected chi connectivity index (χ0v) is 13.0. The number of fused-ring (bicyclic) bond motifs is 1. The normalized spacial score (nSPS) is 10.5. The molecule has 2 aromatic heterocycles. The van der Waals surface area contributed by atoms with Gasteiger partial charge in [-0.25, -0.2) is 9.97 Å². The number of nitrogens with zero attached hydrogens (tertiary/aromatic N) is 2. The third-order valence-corrected chi connectivity index (χ3v) is 4.81. The number of benzene rings is 1. The van der Waals surface area contributed by atoms with E-state index in [4.69, 9.17) is 11.2 Å². The Balaban J connectivity index is 2.11. The molecule has 0 unspecified atom stereocenters. The molecular formula is C16H12N2OS2. The van der Waals surface area contributed by atoms with Gasteiger partial charge in [-0.05, 0) is 17.7 Å². The molecule has 0 bridgehead atoms. The average molecular weight is 312 g/mol. The van der Waals surface area contributed by atoms with Gasteiger partial charge in [0.25, 0.3) is 0 Å². The predicted octanol–water partition coefficient (Wildman–Crippen LogP) is 4.09. The first-order chi connectivity index (χ1) is 10.3. The fourth-order valence-corrected chi connectivity index (χ4v) is 3.72. The number of thiophene rings is 1. The number of aromatic nitrogens is 2. The zero-order valence-electron chi connectivity index (χ0n) is 11.4. The molecule has 2 heterocycles. The van der Waals surface area contributed by atoms with Crippen molar-refractivity contribution < 1.29 is 4.74 Å². The quantitative estimate of drug-likeness (QED) is 0.413. The minimum Gasteiger partial charge on any atom is -0.497 e. The van der Waals surface area contributed by atoms with Crippen LogP contribution in [0.2, 0.25) is 0 Å². The summed E-state index contributed by atoms with van der Waals surface area (Å²) in [5, 5.41) is 4.12. The second kappa shape index (κ2) is 6.17. The van der Waals surface area contributed by atoms with Gasteiger partial charge in [0.2, 0.25) is 0 Å². The van der Waals surface area contributed by atoms with Crippen LogP contribution in [0.25, 0.3) is 21.3 Å². The molecule has 0 aliphatic carbocycles. The second-order valence-corrected chi connectivity index (χ2v) is 6.05. The Hall–Kier alpha value is -2.03. The van der Waals surface area contributed by atoms with Gasteiger partial charge >= 0.3 is 0 Å². The number of terminal acetylenes is 1. The molecule has 0 saturated carbocycles. The molecule has 1 aromatic carbocycles. The van der Waals surface area contributed by atoms with Crippen molar-refractivity contribution >= 4 is 33.3 Å². The zero-order chi connectivity index (χ0) is 14.7. The standard InChI is InChI=1S/C16H12N2OS2/c1-3-8-20-15-14-13(9-21-16(14)18-10-17-15)11-4-6-12(19-2)7-5-11/h1,4-7,9-10H,8H2,2H3. The van der Waals surface area contributed by atoms with Gasteiger partial charge < -0.3 is 4.74 Å². The molecule has 3 rings (SSSR count). The molecule has 0 spiro atoms. The maximum absolute atomic E-state index is 5.35. The van der Waals surface area contributed by atoms with Gasteiger partial charge in [0.15, 0.2) is 0 Å². The topological polar surface area (TPSA) is 35.0 Å². The van der Waals surface area contributed by atoms with Crippen LogP contribution >= 0.6 is 23.1 Å². The van der Waals surface area contributed by atoms with Crippen molar-refractivity contribution in [2.75, 3.05) is 12.9 Å². The van der Waals surface area contributed by atoms with Crippen LogP contribution in [0.15, 0.2) is 41.0 Å². The summed E-state index contributed by atoms with van der Waals surface area (Å²) in [6.45, 7) is 0. The Bertz CT molecular complexity index is 803. The fourth-order valence-electron chi connectivity index (χ4n) is 2.05. The van der Waals surface area contributed by atoms with E-state index in [9.17, 15) is 0 Å². The van der Waals surface area contributed by atoms with Crippen molar-refractivity contribution in [3.63, 3.8) is 0 Å². The first kappa shape index (κ1) is 13.9. The van der Waals surface area contributed by atoms with Crippen molar-refractivity contribution in [2.45, 2.75) is 5.03 Å². The maximum atomic E-state index is 5.35. The molecule has 0 N–H and O–H groups in total. The highest BCUT2D eigenvalue weighted by Gasteiger charge is 2.13. The lowest BCUT2D eigenvalue weighted by Crippen LogP contribution is -1.87. The van der Waals surface area contributed by atoms with Crippen LogP contribution in [-0.2, 0) is 0 Å². The Labute approximate surface area is 131 Å². The smallest absolute Gasteiger partial charge is 0.128 e. The molecular weight excluding hydrogens is 300 g/mol. The first-order valence-corrected chi connectivity index (χ1v) is 8.13. The summed E-state index contributed by atoms with van der Waals surface area (Å²) in [7, 11) is 1.66. The number of ether oxygens (including phenoxy) is 1. The second-order valence-electron chi connectivity index (χ2n) is 4.23. The summed E-state index contributed by atoms with van der Waals surface area (Å²) in [4.78, 5) is 9.70. The molecule has 3 nitrogen and oxygen atoms in total. The van der Waals surface area contributed by atoms with Crippen molar-refractivity contribution in [1.82, 2.24) is 9.97 Å². The van der Waals surface area contributed by atoms with Crippen LogP contribution in [0.4, 0.5) is 0 Å². The lowest BCUT2D eigenvalue weighted by atomic mass is 10.1. The van der Waals surface area contributed by atoms with Gasteiger partial charge in [-0.1, -0.05) is 29.8 Å². The molecule has 0 aliphatic heterocycles. The third kappa shape index (κ3) is 2.73. The number of hydrogen-bond acceptors (Lipinski definition) is 5. The Morgan fingerprint density at radius 2 is 2.10 bits per heavy atom. The van der Waals surface area contributed by atoms with Gasteiger partial charge in [-0.15, -0.1) is 17.8 Å². The average Bonchev–Trinajstić information content (AvgIpc) is 2.97. The molecule has 104 valence electrons. The molecule has 3 aromatic rings. The number of methoxy groups -OCH3 is 1. The monoisotopic (exact) mass is 312 g/mol. The van der Waals surface area contributed by atoms with Crippen LogP contribution in [0, 0.1) is 12.3 Å². The molecule has 0 saturated heterocycles. The summed E-state index contributed by atoms with van der Waals surface area (Å²) in [6, 6.07) is 8.00. The summed E-state index contributed by atoms with van der Waals surface area (Å²) in [5.74, 6) is 4.08. The predicted molar refractivity (Wildman–Crippen MR) is 89.0 cm³/mol. The van der Waals surface area contributed by atoms with Crippen LogP contribution in [-0.4, -0.2) is 22.8 Å². The molecule has 0 radical (unpaired) electrons. The van der Waals surface area contributed by atoms with E-state index < -0.39 is 0 Å². The van der Waals surface area contributed by atoms with Crippen LogP contribution < -0.4 is 4.74 Å². The Kier molecular flexibility index (Phi) is 4.09. The number of hydrogen-bond donors (Lipinski definition) is 0. The molecule has 5 heteroatoms. The Morgan fingerprint density at radius 1 is 1.29 bits per heavy atom. The summed E-state index contributed by atoms with van der Waals surface area (Å²) >= 11 is 3.18. The van der Waals surface area contributed by atoms with Crippen LogP contribution in [0.1, 0.15) is 0 Å². The van der Waals surface area contributed by atoms with Crippen molar-refractivity contribution in [3.05, 3.63) is 36.0 Å². The van der Waals surface area contributed by atoms with Crippen molar-refractivity contribution in [2.24, 2.45) is 0 Å². The van der Waals surface area contributed by atoms with Crippen molar-refractivity contribution in [3.8, 4) is 29.2 Å². The van der Waals surface area contributed by atoms with E-state index in [2.05, 4.69) is 21.3 Å². The fraction of sp³-hybridized carbons (Fsp3) is 0.125. The Morgan fingerprint density at radius 3 is 2.81 bits per heavy atom. The highest BCUT2D eigenvalue weighted by Crippen LogP contribution is 2.38. The van der Waals surface area contributed by atoms with E-state index >= 15 is 0 Å². The van der Waals surface area contributed by atoms with E-state index in [0.717, 1.165) is 32.1 Å². The van der Waals surface area contributed by atoms with Crippen molar-refractivity contribution in [1.29, 1.82) is 0 Å². The third-order valence-electron chi connectivity index (χ3n) is 3.03. The van der Waals surface area contributed by atoms with E-state index in [1.807, 2.05) is 24.3 Å². The number of thioether (sulfide) groups is 1. The largest absolute Gasteiger partial charge is 0.497 e. The number of rotatable bonds is 4. The van der Waals surface area contributed by atoms with E-state index in [1.165, 1.54) is 0 Å². The highest BCUT2D eigenvalue weighted by atomic mass is 32.2. The first-order valence-electron chi connectivity index (χ1n) is 6.26. The highest BCUT2D eigenvalue weighted by molar-refractivity contribution is 7.99. The minimum atomic E-state index is 0.601. The summed E-state index contributed by atoms with van der Waals surface area (Å²) < 4.78 is 5.20. The minimum absolute atomic E-state index is 0.601. The SMILES string of the molecule is C#CCSc1ncnc2scc(-c3ccc(OC)cc3)c12. The maximum Gasteiger partial charge on any atom is 0.128 e. The van der Waals surface area contributed by atoms with Crippen LogP contribution in [0.5, 0.6) is 5.75 Å². The summed E-state index contributed by atoms with van der Waals surface area (Å²) in [5.41, 5.74) is 2.26. The van der Waals surface area contributed by atoms with E-state index in [0.29, 0.717) is 5.75 Å².